The second-order valence-corrected chi connectivity index (χ2v) is 4.84. The second-order valence-electron chi connectivity index (χ2n) is 4.40. The number of benzene rings is 1. The van der Waals surface area contributed by atoms with Gasteiger partial charge < -0.3 is 15.3 Å². The van der Waals surface area contributed by atoms with E-state index < -0.39 is 0 Å². The Morgan fingerprint density at radius 2 is 1.89 bits per heavy atom. The Morgan fingerprint density at radius 1 is 1.26 bits per heavy atom. The fraction of sp³-hybridized carbons (Fsp3) is 0.286. The molecule has 0 saturated carbocycles. The molecule has 4 nitrogen and oxygen atoms in total. The van der Waals surface area contributed by atoms with Crippen molar-refractivity contribution in [3.05, 3.63) is 46.2 Å². The highest BCUT2D eigenvalue weighted by atomic mass is 35.5. The molecule has 0 unspecified atom stereocenters. The molecule has 0 fully saturated rings. The van der Waals surface area contributed by atoms with Crippen LogP contribution in [0.3, 0.4) is 0 Å². The van der Waals surface area contributed by atoms with Crippen molar-refractivity contribution in [1.29, 1.82) is 0 Å². The minimum absolute atomic E-state index is 0.113. The van der Waals surface area contributed by atoms with Gasteiger partial charge in [0.1, 0.15) is 0 Å². The number of halogens is 1. The fourth-order valence-electron chi connectivity index (χ4n) is 2.00. The van der Waals surface area contributed by atoms with Gasteiger partial charge in [-0.25, -0.2) is 0 Å². The summed E-state index contributed by atoms with van der Waals surface area (Å²) in [7, 11) is 1.50. The van der Waals surface area contributed by atoms with Gasteiger partial charge in [0.25, 0.3) is 0 Å². The van der Waals surface area contributed by atoms with Crippen molar-refractivity contribution >= 4 is 11.6 Å². The van der Waals surface area contributed by atoms with Crippen LogP contribution >= 0.6 is 11.6 Å². The molecule has 1 aromatic carbocycles. The van der Waals surface area contributed by atoms with Crippen molar-refractivity contribution in [3.8, 4) is 11.5 Å². The van der Waals surface area contributed by atoms with Gasteiger partial charge in [-0.2, -0.15) is 0 Å². The maximum atomic E-state index is 10.0. The number of hydrogen-bond acceptors (Lipinski definition) is 3. The lowest BCUT2D eigenvalue weighted by molar-refractivity contribution is 0.370. The lowest BCUT2D eigenvalue weighted by Gasteiger charge is -2.15. The van der Waals surface area contributed by atoms with E-state index in [2.05, 4.69) is 5.43 Å². The van der Waals surface area contributed by atoms with E-state index in [0.717, 1.165) is 11.4 Å². The lowest BCUT2D eigenvalue weighted by Crippen LogP contribution is -2.17. The highest BCUT2D eigenvalue weighted by Gasteiger charge is 2.10. The first-order valence-corrected chi connectivity index (χ1v) is 6.35. The third-order valence-corrected chi connectivity index (χ3v) is 3.26. The van der Waals surface area contributed by atoms with Crippen LogP contribution in [-0.2, 0) is 6.54 Å². The highest BCUT2D eigenvalue weighted by molar-refractivity contribution is 6.30. The van der Waals surface area contributed by atoms with Crippen molar-refractivity contribution in [3.63, 3.8) is 0 Å². The second kappa shape index (κ2) is 5.45. The maximum Gasteiger partial charge on any atom is 0.162 e. The van der Waals surface area contributed by atoms with Gasteiger partial charge >= 0.3 is 0 Å². The van der Waals surface area contributed by atoms with Crippen LogP contribution in [0.25, 0.3) is 0 Å². The van der Waals surface area contributed by atoms with Gasteiger partial charge in [0.15, 0.2) is 11.5 Å². The van der Waals surface area contributed by atoms with Crippen LogP contribution < -0.4 is 10.2 Å². The lowest BCUT2D eigenvalue weighted by atomic mass is 10.2. The number of nitrogens with one attached hydrogen (secondary N) is 1. The zero-order valence-electron chi connectivity index (χ0n) is 11.2. The molecule has 0 aliphatic carbocycles. The molecular formula is C14H17ClN2O2. The van der Waals surface area contributed by atoms with Crippen LogP contribution in [0.4, 0.5) is 0 Å². The van der Waals surface area contributed by atoms with E-state index in [-0.39, 0.29) is 5.75 Å². The Morgan fingerprint density at radius 3 is 2.47 bits per heavy atom. The summed E-state index contributed by atoms with van der Waals surface area (Å²) < 4.78 is 7.05. The average molecular weight is 281 g/mol. The monoisotopic (exact) mass is 280 g/mol. The molecular weight excluding hydrogens is 264 g/mol. The van der Waals surface area contributed by atoms with Gasteiger partial charge in [-0.05, 0) is 32.0 Å². The maximum absolute atomic E-state index is 10.0. The molecule has 0 aliphatic rings. The standard InChI is InChI=1S/C14H17ClN2O2/c1-9-4-5-10(2)17(9)16-8-11-6-12(15)7-13(19-3)14(11)18/h4-7,16,18H,8H2,1-3H3. The van der Waals surface area contributed by atoms with Crippen molar-refractivity contribution in [2.24, 2.45) is 0 Å². The third-order valence-electron chi connectivity index (χ3n) is 3.04. The normalized spacial score (nSPS) is 10.5. The largest absolute Gasteiger partial charge is 0.504 e. The summed E-state index contributed by atoms with van der Waals surface area (Å²) in [6.07, 6.45) is 0. The molecule has 19 heavy (non-hydrogen) atoms. The van der Waals surface area contributed by atoms with Crippen LogP contribution in [0.2, 0.25) is 5.02 Å². The molecule has 0 bridgehead atoms. The van der Waals surface area contributed by atoms with E-state index in [1.165, 1.54) is 7.11 Å². The molecule has 0 spiro atoms. The number of nitrogens with zero attached hydrogens (tertiary/aromatic N) is 1. The summed E-state index contributed by atoms with van der Waals surface area (Å²) in [5, 5.41) is 10.6. The molecule has 0 atom stereocenters. The van der Waals surface area contributed by atoms with Gasteiger partial charge in [-0.1, -0.05) is 11.6 Å². The van der Waals surface area contributed by atoms with E-state index in [1.807, 2.05) is 30.7 Å². The Bertz CT molecular complexity index is 574. The Balaban J connectivity index is 2.22. The summed E-state index contributed by atoms with van der Waals surface area (Å²) >= 11 is 6.00. The van der Waals surface area contributed by atoms with E-state index in [4.69, 9.17) is 16.3 Å². The van der Waals surface area contributed by atoms with Crippen molar-refractivity contribution in [2.45, 2.75) is 20.4 Å². The number of phenolic OH excluding ortho intramolecular Hbond substituents is 1. The minimum Gasteiger partial charge on any atom is -0.504 e. The van der Waals surface area contributed by atoms with E-state index in [1.54, 1.807) is 12.1 Å². The zero-order chi connectivity index (χ0) is 14.0. The number of aryl methyl sites for hydroxylation is 2. The van der Waals surface area contributed by atoms with Crippen LogP contribution in [0.15, 0.2) is 24.3 Å². The first-order valence-electron chi connectivity index (χ1n) is 5.97. The van der Waals surface area contributed by atoms with Crippen LogP contribution in [-0.4, -0.2) is 16.9 Å². The van der Waals surface area contributed by atoms with Gasteiger partial charge in [0, 0.05) is 28.0 Å². The van der Waals surface area contributed by atoms with E-state index in [0.29, 0.717) is 22.9 Å². The molecule has 1 aromatic heterocycles. The SMILES string of the molecule is COc1cc(Cl)cc(CNn2c(C)ccc2C)c1O. The van der Waals surface area contributed by atoms with E-state index in [9.17, 15) is 5.11 Å². The zero-order valence-corrected chi connectivity index (χ0v) is 12.0. The van der Waals surface area contributed by atoms with Crippen molar-refractivity contribution in [2.75, 3.05) is 12.5 Å². The first-order chi connectivity index (χ1) is 9.02. The molecule has 0 radical (unpaired) electrons. The van der Waals surface area contributed by atoms with Crippen molar-refractivity contribution in [1.82, 2.24) is 4.68 Å². The number of ether oxygens (including phenoxy) is 1. The summed E-state index contributed by atoms with van der Waals surface area (Å²) in [5.74, 6) is 0.493. The number of phenols is 1. The van der Waals surface area contributed by atoms with Gasteiger partial charge in [0.05, 0.1) is 13.7 Å². The molecule has 0 saturated heterocycles. The molecule has 0 aliphatic heterocycles. The summed E-state index contributed by atoms with van der Waals surface area (Å²) in [6, 6.07) is 7.37. The first kappa shape index (κ1) is 13.6. The van der Waals surface area contributed by atoms with Crippen LogP contribution in [0.5, 0.6) is 11.5 Å². The molecule has 2 N–H and O–H groups in total. The van der Waals surface area contributed by atoms with Crippen LogP contribution in [0, 0.1) is 13.8 Å². The third kappa shape index (κ3) is 2.79. The molecule has 1 heterocycles. The predicted octanol–water partition coefficient (Wildman–Crippen LogP) is 3.22. The highest BCUT2D eigenvalue weighted by Crippen LogP contribution is 2.33. The molecule has 0 amide bonds. The minimum atomic E-state index is 0.113. The Hall–Kier alpha value is -1.81. The van der Waals surface area contributed by atoms with Gasteiger partial charge in [-0.15, -0.1) is 0 Å². The summed E-state index contributed by atoms with van der Waals surface area (Å²) in [6.45, 7) is 4.48. The number of aromatic hydroxyl groups is 1. The molecule has 2 rings (SSSR count). The number of aromatic nitrogens is 1. The van der Waals surface area contributed by atoms with Gasteiger partial charge in [-0.3, -0.25) is 4.68 Å². The molecule has 102 valence electrons. The summed E-state index contributed by atoms with van der Waals surface area (Å²) in [4.78, 5) is 0. The average Bonchev–Trinajstić information content (AvgIpc) is 2.70. The Kier molecular flexibility index (Phi) is 3.90. The fourth-order valence-corrected chi connectivity index (χ4v) is 2.23. The topological polar surface area (TPSA) is 46.4 Å². The number of methoxy groups -OCH3 is 1. The number of rotatable bonds is 4. The van der Waals surface area contributed by atoms with Gasteiger partial charge in [0.2, 0.25) is 0 Å². The molecule has 2 aromatic rings. The Labute approximate surface area is 117 Å². The van der Waals surface area contributed by atoms with Crippen LogP contribution in [0.1, 0.15) is 17.0 Å². The van der Waals surface area contributed by atoms with Crippen molar-refractivity contribution < 1.29 is 9.84 Å². The number of hydrogen-bond donors (Lipinski definition) is 2. The summed E-state index contributed by atoms with van der Waals surface area (Å²) in [5.41, 5.74) is 6.14. The van der Waals surface area contributed by atoms with E-state index >= 15 is 0 Å². The smallest absolute Gasteiger partial charge is 0.162 e. The molecule has 5 heteroatoms. The predicted molar refractivity (Wildman–Crippen MR) is 76.6 cm³/mol. The quantitative estimate of drug-likeness (QED) is 0.904.